The summed E-state index contributed by atoms with van der Waals surface area (Å²) in [7, 11) is 0. The molecule has 0 aliphatic carbocycles. The van der Waals surface area contributed by atoms with Gasteiger partial charge in [-0.2, -0.15) is 10.4 Å². The zero-order valence-electron chi connectivity index (χ0n) is 14.5. The van der Waals surface area contributed by atoms with Crippen molar-refractivity contribution in [2.75, 3.05) is 0 Å². The van der Waals surface area contributed by atoms with Crippen molar-refractivity contribution in [2.45, 2.75) is 20.4 Å². The highest BCUT2D eigenvalue weighted by atomic mass is 35.5. The molecular formula is C20H17ClN4S. The molecule has 0 atom stereocenters. The first kappa shape index (κ1) is 18.1. The Morgan fingerprint density at radius 3 is 2.50 bits per heavy atom. The summed E-state index contributed by atoms with van der Waals surface area (Å²) in [4.78, 5) is 0.391. The average molecular weight is 381 g/mol. The number of aromatic nitrogens is 2. The number of nitrogens with two attached hydrogens (primary N) is 1. The van der Waals surface area contributed by atoms with Gasteiger partial charge in [0.1, 0.15) is 11.1 Å². The summed E-state index contributed by atoms with van der Waals surface area (Å²) < 4.78 is 1.96. The van der Waals surface area contributed by atoms with Crippen LogP contribution in [0, 0.1) is 25.2 Å². The van der Waals surface area contributed by atoms with Crippen LogP contribution in [-0.2, 0) is 6.54 Å². The van der Waals surface area contributed by atoms with E-state index in [2.05, 4.69) is 11.2 Å². The summed E-state index contributed by atoms with van der Waals surface area (Å²) in [6.07, 6.45) is 0. The Balaban J connectivity index is 1.94. The molecule has 1 aromatic heterocycles. The van der Waals surface area contributed by atoms with Crippen LogP contribution in [0.25, 0.3) is 11.1 Å². The molecule has 2 N–H and O–H groups in total. The van der Waals surface area contributed by atoms with E-state index in [-0.39, 0.29) is 0 Å². The molecule has 0 amide bonds. The Hall–Kier alpha value is -2.68. The summed E-state index contributed by atoms with van der Waals surface area (Å²) in [5.41, 5.74) is 12.0. The van der Waals surface area contributed by atoms with E-state index in [9.17, 15) is 0 Å². The fourth-order valence-electron chi connectivity index (χ4n) is 2.98. The van der Waals surface area contributed by atoms with Gasteiger partial charge in [-0.15, -0.1) is 0 Å². The van der Waals surface area contributed by atoms with Crippen molar-refractivity contribution in [2.24, 2.45) is 5.73 Å². The molecule has 26 heavy (non-hydrogen) atoms. The van der Waals surface area contributed by atoms with Crippen LogP contribution in [0.3, 0.4) is 0 Å². The Bertz CT molecular complexity index is 1030. The second kappa shape index (κ2) is 7.28. The van der Waals surface area contributed by atoms with Gasteiger partial charge in [0.15, 0.2) is 0 Å². The van der Waals surface area contributed by atoms with Crippen molar-refractivity contribution >= 4 is 28.8 Å². The number of aryl methyl sites for hydroxylation is 1. The van der Waals surface area contributed by atoms with Gasteiger partial charge in [0.25, 0.3) is 0 Å². The molecule has 0 fully saturated rings. The standard InChI is InChI=1S/C20H17ClN4S/c1-12-19(16-7-8-17(10-22)18(21)9-16)13(2)25(24-12)11-14-3-5-15(6-4-14)20(23)26/h3-9H,11H2,1-2H3,(H2,23,26). The van der Waals surface area contributed by atoms with Crippen LogP contribution >= 0.6 is 23.8 Å². The van der Waals surface area contributed by atoms with Gasteiger partial charge in [-0.1, -0.05) is 54.2 Å². The number of nitrogens with zero attached hydrogens (tertiary/aromatic N) is 3. The quantitative estimate of drug-likeness (QED) is 0.682. The normalized spacial score (nSPS) is 10.5. The highest BCUT2D eigenvalue weighted by Gasteiger charge is 2.15. The summed E-state index contributed by atoms with van der Waals surface area (Å²) in [5.74, 6) is 0. The number of rotatable bonds is 4. The molecule has 0 bridgehead atoms. The molecule has 0 radical (unpaired) electrons. The first-order chi connectivity index (χ1) is 12.4. The number of thiocarbonyl (C=S) groups is 1. The molecule has 2 aromatic carbocycles. The van der Waals surface area contributed by atoms with E-state index in [1.165, 1.54) is 0 Å². The molecule has 0 saturated carbocycles. The smallest absolute Gasteiger partial charge is 0.103 e. The van der Waals surface area contributed by atoms with Gasteiger partial charge in [0.2, 0.25) is 0 Å². The lowest BCUT2D eigenvalue weighted by molar-refractivity contribution is 0.659. The van der Waals surface area contributed by atoms with E-state index in [0.717, 1.165) is 33.6 Å². The van der Waals surface area contributed by atoms with E-state index >= 15 is 0 Å². The summed E-state index contributed by atoms with van der Waals surface area (Å²) in [6.45, 7) is 4.65. The number of nitriles is 1. The van der Waals surface area contributed by atoms with Gasteiger partial charge < -0.3 is 5.73 Å². The van der Waals surface area contributed by atoms with E-state index < -0.39 is 0 Å². The number of halogens is 1. The van der Waals surface area contributed by atoms with Gasteiger partial charge in [0.05, 0.1) is 22.8 Å². The van der Waals surface area contributed by atoms with Gasteiger partial charge in [-0.25, -0.2) is 0 Å². The third-order valence-corrected chi connectivity index (χ3v) is 4.88. The van der Waals surface area contributed by atoms with Crippen molar-refractivity contribution in [1.29, 1.82) is 5.26 Å². The Labute approximate surface area is 162 Å². The first-order valence-electron chi connectivity index (χ1n) is 8.03. The number of hydrogen-bond donors (Lipinski definition) is 1. The van der Waals surface area contributed by atoms with Crippen LogP contribution in [0.4, 0.5) is 0 Å². The average Bonchev–Trinajstić information content (AvgIpc) is 2.89. The summed E-state index contributed by atoms with van der Waals surface area (Å²) >= 11 is 11.2. The summed E-state index contributed by atoms with van der Waals surface area (Å²) in [6, 6.07) is 15.4. The fraction of sp³-hybridized carbons (Fsp3) is 0.150. The highest BCUT2D eigenvalue weighted by Crippen LogP contribution is 2.30. The third kappa shape index (κ3) is 3.48. The van der Waals surface area contributed by atoms with E-state index in [4.69, 9.17) is 34.8 Å². The lowest BCUT2D eigenvalue weighted by Crippen LogP contribution is -2.09. The molecule has 0 aliphatic rings. The molecule has 1 heterocycles. The number of hydrogen-bond acceptors (Lipinski definition) is 3. The van der Waals surface area contributed by atoms with Crippen LogP contribution in [0.2, 0.25) is 5.02 Å². The molecule has 0 saturated heterocycles. The van der Waals surface area contributed by atoms with Crippen LogP contribution in [-0.4, -0.2) is 14.8 Å². The molecule has 130 valence electrons. The first-order valence-corrected chi connectivity index (χ1v) is 8.82. The minimum absolute atomic E-state index is 0.391. The van der Waals surface area contributed by atoms with Gasteiger partial charge in [0, 0.05) is 16.8 Å². The maximum atomic E-state index is 9.04. The third-order valence-electron chi connectivity index (χ3n) is 4.33. The molecule has 0 aliphatic heterocycles. The topological polar surface area (TPSA) is 67.6 Å². The Kier molecular flexibility index (Phi) is 5.08. The van der Waals surface area contributed by atoms with Crippen molar-refractivity contribution in [3.05, 3.63) is 75.6 Å². The maximum Gasteiger partial charge on any atom is 0.103 e. The minimum atomic E-state index is 0.391. The largest absolute Gasteiger partial charge is 0.389 e. The molecule has 4 nitrogen and oxygen atoms in total. The summed E-state index contributed by atoms with van der Waals surface area (Å²) in [5, 5.41) is 14.2. The fourth-order valence-corrected chi connectivity index (χ4v) is 3.34. The lowest BCUT2D eigenvalue weighted by atomic mass is 10.0. The molecule has 6 heteroatoms. The Morgan fingerprint density at radius 1 is 1.23 bits per heavy atom. The minimum Gasteiger partial charge on any atom is -0.389 e. The second-order valence-electron chi connectivity index (χ2n) is 6.07. The van der Waals surface area contributed by atoms with Crippen molar-refractivity contribution < 1.29 is 0 Å². The zero-order valence-corrected chi connectivity index (χ0v) is 16.0. The van der Waals surface area contributed by atoms with Gasteiger partial charge in [-0.05, 0) is 37.1 Å². The van der Waals surface area contributed by atoms with Crippen LogP contribution < -0.4 is 5.73 Å². The molecule has 3 rings (SSSR count). The predicted molar refractivity (Wildman–Crippen MR) is 108 cm³/mol. The highest BCUT2D eigenvalue weighted by molar-refractivity contribution is 7.80. The molecular weight excluding hydrogens is 364 g/mol. The number of benzene rings is 2. The lowest BCUT2D eigenvalue weighted by Gasteiger charge is -2.08. The van der Waals surface area contributed by atoms with Crippen molar-refractivity contribution in [1.82, 2.24) is 9.78 Å². The van der Waals surface area contributed by atoms with Crippen LogP contribution in [0.15, 0.2) is 42.5 Å². The molecule has 0 unspecified atom stereocenters. The van der Waals surface area contributed by atoms with Crippen molar-refractivity contribution in [3.63, 3.8) is 0 Å². The predicted octanol–water partition coefficient (Wildman–Crippen LogP) is 4.37. The van der Waals surface area contributed by atoms with E-state index in [1.807, 2.05) is 54.9 Å². The second-order valence-corrected chi connectivity index (χ2v) is 6.92. The van der Waals surface area contributed by atoms with E-state index in [0.29, 0.717) is 22.1 Å². The zero-order chi connectivity index (χ0) is 18.8. The molecule has 3 aromatic rings. The molecule has 0 spiro atoms. The van der Waals surface area contributed by atoms with Gasteiger partial charge >= 0.3 is 0 Å². The van der Waals surface area contributed by atoms with Gasteiger partial charge in [-0.3, -0.25) is 4.68 Å². The van der Waals surface area contributed by atoms with Crippen LogP contribution in [0.1, 0.15) is 28.1 Å². The maximum absolute atomic E-state index is 9.04. The van der Waals surface area contributed by atoms with Crippen molar-refractivity contribution in [3.8, 4) is 17.2 Å². The SMILES string of the molecule is Cc1nn(Cc2ccc(C(N)=S)cc2)c(C)c1-c1ccc(C#N)c(Cl)c1. The van der Waals surface area contributed by atoms with Crippen LogP contribution in [0.5, 0.6) is 0 Å². The van der Waals surface area contributed by atoms with E-state index in [1.54, 1.807) is 6.07 Å². The Morgan fingerprint density at radius 2 is 1.92 bits per heavy atom. The monoisotopic (exact) mass is 380 g/mol.